The van der Waals surface area contributed by atoms with Gasteiger partial charge in [-0.15, -0.1) is 0 Å². The van der Waals surface area contributed by atoms with Crippen molar-refractivity contribution >= 4 is 30.4 Å². The first-order valence-electron chi connectivity index (χ1n) is 32.7. The maximum atomic E-state index is 7.53. The second-order valence-corrected chi connectivity index (χ2v) is 19.2. The molecule has 0 aliphatic carbocycles. The van der Waals surface area contributed by atoms with Crippen molar-refractivity contribution in [2.45, 2.75) is 88.5 Å². The number of nitrogens with two attached hydrogens (primary N) is 3. The summed E-state index contributed by atoms with van der Waals surface area (Å²) in [4.78, 5) is 0. The lowest BCUT2D eigenvalue weighted by atomic mass is 10.1. The van der Waals surface area contributed by atoms with Crippen LogP contribution in [-0.2, 0) is 4.65 Å². The lowest BCUT2D eigenvalue weighted by Gasteiger charge is -1.98. The van der Waals surface area contributed by atoms with E-state index in [1.165, 1.54) is 70.9 Å². The number of anilines is 4. The van der Waals surface area contributed by atoms with Crippen molar-refractivity contribution in [1.82, 2.24) is 0 Å². The zero-order chi connectivity index (χ0) is 69.6. The third-order valence-electron chi connectivity index (χ3n) is 11.1. The van der Waals surface area contributed by atoms with Gasteiger partial charge in [-0.3, -0.25) is 0 Å². The molecule has 0 heterocycles. The Balaban J connectivity index is 0. The molecule has 0 amide bonds. The topological polar surface area (TPSA) is 120 Å². The summed E-state index contributed by atoms with van der Waals surface area (Å²) in [7, 11) is 3.91. The minimum Gasteiger partial charge on any atom is -0.429 e. The molecule has 0 spiro atoms. The van der Waals surface area contributed by atoms with Crippen LogP contribution >= 0.6 is 0 Å². The Morgan fingerprint density at radius 3 is 0.436 bits per heavy atom. The highest BCUT2D eigenvalue weighted by molar-refractivity contribution is 6.15. The van der Waals surface area contributed by atoms with E-state index in [4.69, 9.17) is 22.2 Å². The van der Waals surface area contributed by atoms with Crippen molar-refractivity contribution in [2.24, 2.45) is 0 Å². The van der Waals surface area contributed by atoms with Crippen molar-refractivity contribution in [3.05, 3.63) is 364 Å². The smallest absolute Gasteiger partial charge is 0.429 e. The molecule has 0 fully saturated rings. The van der Waals surface area contributed by atoms with E-state index in [0.29, 0.717) is 7.69 Å². The fourth-order valence-electron chi connectivity index (χ4n) is 7.01. The number of nitrogens with one attached hydrogen (secondary N) is 1. The van der Waals surface area contributed by atoms with Crippen LogP contribution in [0.5, 0.6) is 0 Å². The van der Waals surface area contributed by atoms with E-state index < -0.39 is 0 Å². The number of benzene rings is 12. The van der Waals surface area contributed by atoms with E-state index in [0.717, 1.165) is 22.7 Å². The third-order valence-corrected chi connectivity index (χ3v) is 11.1. The molecule has 7 heteroatoms. The molecule has 493 valence electrons. The Kier molecular flexibility index (Phi) is 60.1. The van der Waals surface area contributed by atoms with Crippen molar-refractivity contribution in [3.63, 3.8) is 0 Å². The molecule has 8 N–H and O–H groups in total. The molecule has 6 nitrogen and oxygen atoms in total. The standard InChI is InChI=1S/4C12H10.C7H9N.3C6H7N.3C3H8.2C2H6.CH4BO2/c4*1-3-7-11(8-4-1)12-9-5-2-6-10-12;1-8-7-5-3-2-4-6-7;3*7-6-4-2-1-3-5-6;3*1-3-2;2*1-2;1-4-2-3/h4*1-10H;2-6,8H,1H3;3*1-5H,7H2;3*3H2,1-2H3;2*1-2H3;3H,1H3. The maximum absolute atomic E-state index is 7.53. The highest BCUT2D eigenvalue weighted by atomic mass is 16.5. The highest BCUT2D eigenvalue weighted by Crippen LogP contribution is 2.20. The Labute approximate surface area is 570 Å². The Bertz CT molecular complexity index is 2780. The first-order chi connectivity index (χ1) is 46.1. The number of rotatable bonds is 6. The molecular formula is C87H110BN4O2. The Morgan fingerprint density at radius 2 is 0.362 bits per heavy atom. The van der Waals surface area contributed by atoms with Crippen LogP contribution in [0, 0.1) is 0 Å². The van der Waals surface area contributed by atoms with Crippen LogP contribution in [0.1, 0.15) is 88.5 Å². The van der Waals surface area contributed by atoms with Gasteiger partial charge in [0, 0.05) is 36.9 Å². The molecule has 0 saturated heterocycles. The van der Waals surface area contributed by atoms with Crippen LogP contribution in [0.4, 0.5) is 22.7 Å². The third kappa shape index (κ3) is 48.6. The monoisotopic (exact) mass is 1250 g/mol. The predicted octanol–water partition coefficient (Wildman–Crippen LogP) is 24.4. The zero-order valence-corrected chi connectivity index (χ0v) is 58.4. The molecule has 0 atom stereocenters. The lowest BCUT2D eigenvalue weighted by molar-refractivity contribution is 0.360. The predicted molar refractivity (Wildman–Crippen MR) is 422 cm³/mol. The van der Waals surface area contributed by atoms with E-state index in [9.17, 15) is 0 Å². The largest absolute Gasteiger partial charge is 0.484 e. The van der Waals surface area contributed by atoms with Crippen molar-refractivity contribution < 1.29 is 9.68 Å². The zero-order valence-electron chi connectivity index (χ0n) is 58.4. The van der Waals surface area contributed by atoms with Crippen molar-refractivity contribution in [2.75, 3.05) is 36.7 Å². The van der Waals surface area contributed by atoms with Gasteiger partial charge in [0.25, 0.3) is 0 Å². The molecule has 1 radical (unpaired) electrons. The number of para-hydroxylation sites is 4. The number of hydrogen-bond acceptors (Lipinski definition) is 6. The summed E-state index contributed by atoms with van der Waals surface area (Å²) in [6.45, 7) is 20.8. The average Bonchev–Trinajstić information content (AvgIpc) is 1.47. The van der Waals surface area contributed by atoms with Gasteiger partial charge in [0.1, 0.15) is 0 Å². The molecular weight excluding hydrogens is 1140 g/mol. The SMILES string of the molecule is CC.CC.CCC.CCC.CCC.CNc1ccccc1.CO[B]O.Nc1ccccc1.Nc1ccccc1.Nc1ccccc1.c1ccc(-c2ccccc2)cc1.c1ccc(-c2ccccc2)cc1.c1ccc(-c2ccccc2)cc1.c1ccc(-c2ccccc2)cc1. The van der Waals surface area contributed by atoms with Crippen LogP contribution < -0.4 is 22.5 Å². The normalized spacial score (nSPS) is 8.56. The molecule has 0 saturated carbocycles. The van der Waals surface area contributed by atoms with Gasteiger partial charge in [0.15, 0.2) is 0 Å². The fraction of sp³-hybridized carbons (Fsp3) is 0.172. The summed E-state index contributed by atoms with van der Waals surface area (Å²) in [5.74, 6) is 0. The van der Waals surface area contributed by atoms with Crippen molar-refractivity contribution in [3.8, 4) is 44.5 Å². The molecule has 0 aromatic heterocycles. The van der Waals surface area contributed by atoms with E-state index in [1.807, 2.05) is 205 Å². The summed E-state index contributed by atoms with van der Waals surface area (Å²) in [5.41, 5.74) is 29.9. The lowest BCUT2D eigenvalue weighted by Crippen LogP contribution is -1.86. The molecule has 94 heavy (non-hydrogen) atoms. The number of hydrogen-bond donors (Lipinski definition) is 5. The van der Waals surface area contributed by atoms with Gasteiger partial charge < -0.3 is 32.2 Å². The minimum atomic E-state index is 0.625. The van der Waals surface area contributed by atoms with Crippen LogP contribution in [0.3, 0.4) is 0 Å². The van der Waals surface area contributed by atoms with Gasteiger partial charge in [-0.25, -0.2) is 0 Å². The number of nitrogen functional groups attached to an aromatic ring is 3. The van der Waals surface area contributed by atoms with E-state index in [1.54, 1.807) is 0 Å². The van der Waals surface area contributed by atoms with Gasteiger partial charge >= 0.3 is 7.69 Å². The second-order valence-electron chi connectivity index (χ2n) is 19.2. The molecule has 12 aromatic rings. The van der Waals surface area contributed by atoms with Crippen LogP contribution in [0.15, 0.2) is 364 Å². The summed E-state index contributed by atoms with van der Waals surface area (Å²) < 4.78 is 3.97. The summed E-state index contributed by atoms with van der Waals surface area (Å²) >= 11 is 0. The first-order valence-corrected chi connectivity index (χ1v) is 32.7. The average molecular weight is 1250 g/mol. The summed E-state index contributed by atoms with van der Waals surface area (Å²) in [5, 5.41) is 10.6. The summed E-state index contributed by atoms with van der Waals surface area (Å²) in [6.07, 6.45) is 3.75. The van der Waals surface area contributed by atoms with E-state index in [-0.39, 0.29) is 0 Å². The van der Waals surface area contributed by atoms with E-state index in [2.05, 4.69) is 246 Å². The fourth-order valence-corrected chi connectivity index (χ4v) is 7.01. The highest BCUT2D eigenvalue weighted by Gasteiger charge is 1.95. The Hall–Kier alpha value is -10.2. The van der Waals surface area contributed by atoms with Crippen molar-refractivity contribution in [1.29, 1.82) is 0 Å². The molecule has 0 aliphatic heterocycles. The van der Waals surface area contributed by atoms with Gasteiger partial charge in [0.05, 0.1) is 0 Å². The molecule has 12 rings (SSSR count). The van der Waals surface area contributed by atoms with Gasteiger partial charge in [-0.1, -0.05) is 404 Å². The molecule has 0 aliphatic rings. The van der Waals surface area contributed by atoms with Gasteiger partial charge in [-0.2, -0.15) is 0 Å². The quantitative estimate of drug-likeness (QED) is 0.0836. The Morgan fingerprint density at radius 1 is 0.255 bits per heavy atom. The first kappa shape index (κ1) is 85.9. The minimum absolute atomic E-state index is 0.625. The summed E-state index contributed by atoms with van der Waals surface area (Å²) in [6, 6.07) is 122. The molecule has 12 aromatic carbocycles. The van der Waals surface area contributed by atoms with Crippen LogP contribution in [-0.4, -0.2) is 26.9 Å². The van der Waals surface area contributed by atoms with Crippen LogP contribution in [0.25, 0.3) is 44.5 Å². The van der Waals surface area contributed by atoms with Gasteiger partial charge in [0.2, 0.25) is 0 Å². The van der Waals surface area contributed by atoms with Gasteiger partial charge in [-0.05, 0) is 93.0 Å². The van der Waals surface area contributed by atoms with Crippen LogP contribution in [0.2, 0.25) is 0 Å². The molecule has 0 unspecified atom stereocenters. The second kappa shape index (κ2) is 65.8. The molecule has 0 bridgehead atoms. The van der Waals surface area contributed by atoms with E-state index >= 15 is 0 Å². The maximum Gasteiger partial charge on any atom is 0.484 e.